The van der Waals surface area contributed by atoms with Crippen LogP contribution in [0.25, 0.3) is 0 Å². The van der Waals surface area contributed by atoms with Crippen molar-refractivity contribution in [3.8, 4) is 5.75 Å². The fourth-order valence-corrected chi connectivity index (χ4v) is 4.89. The number of hydrogen-bond donors (Lipinski definition) is 1. The van der Waals surface area contributed by atoms with Crippen LogP contribution in [0, 0.1) is 0 Å². The molecule has 0 atom stereocenters. The van der Waals surface area contributed by atoms with Crippen LogP contribution in [0.3, 0.4) is 0 Å². The van der Waals surface area contributed by atoms with Gasteiger partial charge in [-0.25, -0.2) is 0 Å². The summed E-state index contributed by atoms with van der Waals surface area (Å²) in [6.07, 6.45) is 0. The predicted octanol–water partition coefficient (Wildman–Crippen LogP) is 3.71. The molecule has 0 spiro atoms. The Balaban J connectivity index is 1.96. The number of para-hydroxylation sites is 1. The molecule has 0 amide bonds. The van der Waals surface area contributed by atoms with Gasteiger partial charge >= 0.3 is 0 Å². The van der Waals surface area contributed by atoms with Crippen molar-refractivity contribution in [2.24, 2.45) is 0 Å². The van der Waals surface area contributed by atoms with Crippen molar-refractivity contribution in [2.75, 3.05) is 7.11 Å². The summed E-state index contributed by atoms with van der Waals surface area (Å²) in [6.45, 7) is 0.463. The van der Waals surface area contributed by atoms with Crippen LogP contribution in [0.15, 0.2) is 84.9 Å². The Labute approximate surface area is 142 Å². The van der Waals surface area contributed by atoms with Crippen molar-refractivity contribution < 1.29 is 9.30 Å². The first-order chi connectivity index (χ1) is 11.7. The van der Waals surface area contributed by atoms with Crippen LogP contribution in [-0.2, 0) is 11.1 Å². The number of hydrogen-bond acceptors (Lipinski definition) is 2. The molecule has 122 valence electrons. The average molecular weight is 337 g/mol. The van der Waals surface area contributed by atoms with Gasteiger partial charge in [0, 0.05) is 22.7 Å². The van der Waals surface area contributed by atoms with E-state index in [4.69, 9.17) is 4.74 Å². The quantitative estimate of drug-likeness (QED) is 0.697. The third-order valence-electron chi connectivity index (χ3n) is 3.92. The van der Waals surface area contributed by atoms with Crippen molar-refractivity contribution in [1.82, 2.24) is 5.09 Å². The zero-order valence-corrected chi connectivity index (χ0v) is 14.4. The van der Waals surface area contributed by atoms with Gasteiger partial charge in [0.1, 0.15) is 5.75 Å². The van der Waals surface area contributed by atoms with Gasteiger partial charge < -0.3 is 4.74 Å². The Hall–Kier alpha value is -2.35. The maximum Gasteiger partial charge on any atom is 0.204 e. The molecule has 3 nitrogen and oxygen atoms in total. The molecule has 0 aliphatic heterocycles. The minimum atomic E-state index is -2.93. The van der Waals surface area contributed by atoms with Crippen molar-refractivity contribution in [2.45, 2.75) is 6.54 Å². The normalized spacial score (nSPS) is 11.2. The van der Waals surface area contributed by atoms with Gasteiger partial charge in [-0.2, -0.15) is 0 Å². The van der Waals surface area contributed by atoms with E-state index in [2.05, 4.69) is 5.09 Å². The molecule has 3 aromatic carbocycles. The maximum atomic E-state index is 13.8. The number of rotatable bonds is 6. The second-order valence-electron chi connectivity index (χ2n) is 5.43. The lowest BCUT2D eigenvalue weighted by molar-refractivity contribution is 0.409. The molecule has 3 rings (SSSR count). The smallest absolute Gasteiger partial charge is 0.204 e. The molecule has 0 heterocycles. The van der Waals surface area contributed by atoms with E-state index in [0.717, 1.165) is 21.9 Å². The fourth-order valence-electron chi connectivity index (χ4n) is 2.65. The van der Waals surface area contributed by atoms with Gasteiger partial charge in [-0.1, -0.05) is 54.6 Å². The highest BCUT2D eigenvalue weighted by molar-refractivity contribution is 7.76. The summed E-state index contributed by atoms with van der Waals surface area (Å²) < 4.78 is 19.2. The summed E-state index contributed by atoms with van der Waals surface area (Å²) in [5.74, 6) is 0.790. The summed E-state index contributed by atoms with van der Waals surface area (Å²) in [6, 6.07) is 26.9. The molecule has 0 bridgehead atoms. The summed E-state index contributed by atoms with van der Waals surface area (Å²) in [5, 5.41) is 4.89. The van der Waals surface area contributed by atoms with E-state index < -0.39 is 7.29 Å². The van der Waals surface area contributed by atoms with E-state index in [1.165, 1.54) is 0 Å². The second kappa shape index (κ2) is 7.48. The third-order valence-corrected chi connectivity index (χ3v) is 6.58. The lowest BCUT2D eigenvalue weighted by atomic mass is 10.2. The molecule has 4 heteroatoms. The minimum Gasteiger partial charge on any atom is -0.496 e. The lowest BCUT2D eigenvalue weighted by Crippen LogP contribution is -2.27. The largest absolute Gasteiger partial charge is 0.496 e. The van der Waals surface area contributed by atoms with Crippen LogP contribution in [0.5, 0.6) is 5.75 Å². The predicted molar refractivity (Wildman–Crippen MR) is 99.6 cm³/mol. The monoisotopic (exact) mass is 337 g/mol. The van der Waals surface area contributed by atoms with E-state index in [1.807, 2.05) is 84.9 Å². The van der Waals surface area contributed by atoms with E-state index in [1.54, 1.807) is 7.11 Å². The van der Waals surface area contributed by atoms with E-state index in [-0.39, 0.29) is 0 Å². The number of methoxy groups -OCH3 is 1. The minimum absolute atomic E-state index is 0.463. The van der Waals surface area contributed by atoms with E-state index in [9.17, 15) is 4.57 Å². The van der Waals surface area contributed by atoms with Gasteiger partial charge in [-0.3, -0.25) is 9.65 Å². The van der Waals surface area contributed by atoms with Crippen LogP contribution in [0.2, 0.25) is 0 Å². The Morgan fingerprint density at radius 1 is 0.792 bits per heavy atom. The fraction of sp³-hybridized carbons (Fsp3) is 0.100. The van der Waals surface area contributed by atoms with Gasteiger partial charge in [0.25, 0.3) is 0 Å². The summed E-state index contributed by atoms with van der Waals surface area (Å²) in [4.78, 5) is 0. The molecule has 1 N–H and O–H groups in total. The van der Waals surface area contributed by atoms with Crippen LogP contribution in [0.1, 0.15) is 5.56 Å². The topological polar surface area (TPSA) is 38.3 Å². The van der Waals surface area contributed by atoms with Crippen LogP contribution >= 0.6 is 7.29 Å². The zero-order chi connectivity index (χ0) is 16.8. The van der Waals surface area contributed by atoms with E-state index in [0.29, 0.717) is 6.54 Å². The van der Waals surface area contributed by atoms with Gasteiger partial charge in [-0.15, -0.1) is 0 Å². The number of benzene rings is 3. The highest BCUT2D eigenvalue weighted by atomic mass is 31.2. The highest BCUT2D eigenvalue weighted by Gasteiger charge is 2.26. The number of ether oxygens (including phenoxy) is 1. The average Bonchev–Trinajstić information content (AvgIpc) is 2.67. The SMILES string of the molecule is COc1ccccc1CNP(=O)(c1ccccc1)c1ccccc1. The van der Waals surface area contributed by atoms with Crippen molar-refractivity contribution in [3.63, 3.8) is 0 Å². The van der Waals surface area contributed by atoms with Gasteiger partial charge in [0.15, 0.2) is 0 Å². The highest BCUT2D eigenvalue weighted by Crippen LogP contribution is 2.39. The summed E-state index contributed by atoms with van der Waals surface area (Å²) >= 11 is 0. The molecule has 0 aliphatic carbocycles. The standard InChI is InChI=1S/C20H20NO2P/c1-23-20-15-9-8-10-17(20)16-21-24(22,18-11-4-2-5-12-18)19-13-6-3-7-14-19/h2-15H,16H2,1H3,(H,21,22). The van der Waals surface area contributed by atoms with Crippen molar-refractivity contribution in [3.05, 3.63) is 90.5 Å². The van der Waals surface area contributed by atoms with Crippen LogP contribution in [-0.4, -0.2) is 7.11 Å². The maximum absolute atomic E-state index is 13.8. The Morgan fingerprint density at radius 2 is 1.29 bits per heavy atom. The molecule has 0 aromatic heterocycles. The van der Waals surface area contributed by atoms with Gasteiger partial charge in [-0.05, 0) is 30.3 Å². The van der Waals surface area contributed by atoms with Crippen LogP contribution < -0.4 is 20.4 Å². The molecular weight excluding hydrogens is 317 g/mol. The molecule has 0 unspecified atom stereocenters. The number of nitrogens with one attached hydrogen (secondary N) is 1. The van der Waals surface area contributed by atoms with Crippen LogP contribution in [0.4, 0.5) is 0 Å². The third kappa shape index (κ3) is 3.43. The first-order valence-electron chi connectivity index (χ1n) is 7.82. The Morgan fingerprint density at radius 3 is 1.83 bits per heavy atom. The first kappa shape index (κ1) is 16.5. The molecule has 0 saturated heterocycles. The molecule has 0 aliphatic rings. The zero-order valence-electron chi connectivity index (χ0n) is 13.6. The summed E-state index contributed by atoms with van der Waals surface area (Å²) in [5.41, 5.74) is 0.979. The molecular formula is C20H20NO2P. The molecule has 0 fully saturated rings. The molecule has 0 saturated carbocycles. The molecule has 24 heavy (non-hydrogen) atoms. The van der Waals surface area contributed by atoms with Crippen molar-refractivity contribution >= 4 is 17.9 Å². The Bertz CT molecular complexity index is 791. The summed E-state index contributed by atoms with van der Waals surface area (Å²) in [7, 11) is -1.28. The van der Waals surface area contributed by atoms with Gasteiger partial charge in [0.05, 0.1) is 7.11 Å². The first-order valence-corrected chi connectivity index (χ1v) is 9.53. The van der Waals surface area contributed by atoms with Gasteiger partial charge in [0.2, 0.25) is 7.29 Å². The van der Waals surface area contributed by atoms with Crippen molar-refractivity contribution in [1.29, 1.82) is 0 Å². The molecule has 3 aromatic rings. The molecule has 0 radical (unpaired) electrons. The van der Waals surface area contributed by atoms with E-state index >= 15 is 0 Å². The second-order valence-corrected chi connectivity index (χ2v) is 7.99. The Kier molecular flexibility index (Phi) is 5.14. The lowest BCUT2D eigenvalue weighted by Gasteiger charge is -2.21.